The van der Waals surface area contributed by atoms with Crippen molar-refractivity contribution in [2.45, 2.75) is 39.8 Å². The van der Waals surface area contributed by atoms with Gasteiger partial charge in [0.25, 0.3) is 0 Å². The number of ether oxygens (including phenoxy) is 1. The fourth-order valence-corrected chi connectivity index (χ4v) is 3.02. The summed E-state index contributed by atoms with van der Waals surface area (Å²) in [5.74, 6) is 0. The minimum Gasteiger partial charge on any atom is -0.445 e. The van der Waals surface area contributed by atoms with Crippen molar-refractivity contribution in [1.29, 1.82) is 0 Å². The van der Waals surface area contributed by atoms with Crippen molar-refractivity contribution in [3.05, 3.63) is 23.3 Å². The summed E-state index contributed by atoms with van der Waals surface area (Å²) in [4.78, 5) is 15.6. The van der Waals surface area contributed by atoms with Crippen molar-refractivity contribution in [2.75, 3.05) is 31.1 Å². The summed E-state index contributed by atoms with van der Waals surface area (Å²) in [5, 5.41) is 0. The van der Waals surface area contributed by atoms with Gasteiger partial charge in [-0.25, -0.2) is 4.79 Å². The van der Waals surface area contributed by atoms with E-state index in [0.29, 0.717) is 37.4 Å². The Bertz CT molecular complexity index is 673. The molecular formula is C17H26BF3KN3O2. The van der Waals surface area contributed by atoms with E-state index in [2.05, 4.69) is 0 Å². The molecule has 0 unspecified atom stereocenters. The summed E-state index contributed by atoms with van der Waals surface area (Å²) in [6.45, 7) is 3.48. The molecule has 5 nitrogen and oxygen atoms in total. The molecule has 1 saturated heterocycles. The van der Waals surface area contributed by atoms with Gasteiger partial charge in [-0.2, -0.15) is 0 Å². The zero-order chi connectivity index (χ0) is 19.7. The molecule has 0 aliphatic carbocycles. The number of anilines is 1. The molecule has 0 radical (unpaired) electrons. The van der Waals surface area contributed by atoms with Gasteiger partial charge in [0.1, 0.15) is 5.60 Å². The van der Waals surface area contributed by atoms with E-state index in [1.165, 1.54) is 6.92 Å². The van der Waals surface area contributed by atoms with Crippen LogP contribution in [0.15, 0.2) is 12.1 Å². The predicted molar refractivity (Wildman–Crippen MR) is 97.8 cm³/mol. The quantitative estimate of drug-likeness (QED) is 0.686. The van der Waals surface area contributed by atoms with Gasteiger partial charge in [-0.1, -0.05) is 11.6 Å². The number of rotatable bonds is 3. The number of piperazine rings is 1. The predicted octanol–water partition coefficient (Wildman–Crippen LogP) is -0.431. The molecule has 0 aromatic heterocycles. The van der Waals surface area contributed by atoms with Crippen LogP contribution in [0.5, 0.6) is 0 Å². The minimum absolute atomic E-state index is 0. The summed E-state index contributed by atoms with van der Waals surface area (Å²) >= 11 is 0. The Morgan fingerprint density at radius 2 is 1.74 bits per heavy atom. The van der Waals surface area contributed by atoms with Crippen molar-refractivity contribution in [3.63, 3.8) is 0 Å². The van der Waals surface area contributed by atoms with E-state index in [9.17, 15) is 17.7 Å². The average Bonchev–Trinajstić information content (AvgIpc) is 2.52. The van der Waals surface area contributed by atoms with Crippen molar-refractivity contribution < 1.29 is 73.9 Å². The number of halogens is 3. The van der Waals surface area contributed by atoms with E-state index in [1.807, 2.05) is 4.90 Å². The van der Waals surface area contributed by atoms with Gasteiger partial charge in [0.2, 0.25) is 0 Å². The van der Waals surface area contributed by atoms with Gasteiger partial charge in [0.15, 0.2) is 0 Å². The topological polar surface area (TPSA) is 58.8 Å². The number of hydrogen-bond acceptors (Lipinski definition) is 4. The van der Waals surface area contributed by atoms with Gasteiger partial charge in [0, 0.05) is 38.4 Å². The zero-order valence-electron chi connectivity index (χ0n) is 16.7. The van der Waals surface area contributed by atoms with Gasteiger partial charge in [0.05, 0.1) is 0 Å². The molecule has 1 amide bonds. The van der Waals surface area contributed by atoms with Crippen LogP contribution in [0.1, 0.15) is 31.9 Å². The Hall–Kier alpha value is -0.259. The average molecular weight is 411 g/mol. The second-order valence-corrected chi connectivity index (χ2v) is 7.56. The van der Waals surface area contributed by atoms with Crippen LogP contribution < -0.4 is 67.5 Å². The first-order valence-electron chi connectivity index (χ1n) is 8.68. The Labute approximate surface area is 201 Å². The van der Waals surface area contributed by atoms with Gasteiger partial charge in [-0.15, -0.1) is 5.46 Å². The van der Waals surface area contributed by atoms with Crippen LogP contribution in [0.25, 0.3) is 0 Å². The second-order valence-electron chi connectivity index (χ2n) is 7.56. The smallest absolute Gasteiger partial charge is 0.445 e. The van der Waals surface area contributed by atoms with Crippen LogP contribution in [0.2, 0.25) is 0 Å². The number of amides is 1. The van der Waals surface area contributed by atoms with Crippen molar-refractivity contribution >= 4 is 24.2 Å². The maximum absolute atomic E-state index is 13.4. The van der Waals surface area contributed by atoms with Crippen LogP contribution >= 0.6 is 0 Å². The van der Waals surface area contributed by atoms with Crippen LogP contribution in [0.4, 0.5) is 23.4 Å². The number of nitrogens with two attached hydrogens (primary N) is 1. The second kappa shape index (κ2) is 9.49. The van der Waals surface area contributed by atoms with Crippen molar-refractivity contribution in [3.8, 4) is 0 Å². The van der Waals surface area contributed by atoms with Gasteiger partial charge >= 0.3 is 64.5 Å². The van der Waals surface area contributed by atoms with Crippen LogP contribution in [0.3, 0.4) is 0 Å². The first-order valence-corrected chi connectivity index (χ1v) is 8.68. The first kappa shape index (κ1) is 24.8. The minimum atomic E-state index is -5.11. The molecule has 10 heteroatoms. The SMILES string of the molecule is Cc1c(N2CCN(C(=O)OC(C)(C)C)CC2)cc(CN)cc1[B-](F)(F)F.[K+]. The Kier molecular flexibility index (Phi) is 8.71. The van der Waals surface area contributed by atoms with E-state index in [1.54, 1.807) is 31.7 Å². The van der Waals surface area contributed by atoms with E-state index < -0.39 is 24.1 Å². The number of hydrogen-bond donors (Lipinski definition) is 1. The van der Waals surface area contributed by atoms with Gasteiger partial charge in [-0.05, 0) is 39.3 Å². The van der Waals surface area contributed by atoms with Crippen molar-refractivity contribution in [2.24, 2.45) is 5.73 Å². The molecule has 1 fully saturated rings. The third kappa shape index (κ3) is 6.64. The van der Waals surface area contributed by atoms with E-state index in [4.69, 9.17) is 10.5 Å². The van der Waals surface area contributed by atoms with Crippen LogP contribution in [0, 0.1) is 6.92 Å². The van der Waals surface area contributed by atoms with E-state index in [0.717, 1.165) is 6.07 Å². The molecule has 1 heterocycles. The summed E-state index contributed by atoms with van der Waals surface area (Å²) < 4.78 is 45.5. The van der Waals surface area contributed by atoms with Crippen molar-refractivity contribution in [1.82, 2.24) is 4.90 Å². The molecule has 1 aliphatic rings. The molecule has 0 spiro atoms. The third-order valence-electron chi connectivity index (χ3n) is 4.34. The summed E-state index contributed by atoms with van der Waals surface area (Å²) in [6, 6.07) is 2.85. The monoisotopic (exact) mass is 411 g/mol. The van der Waals surface area contributed by atoms with Gasteiger partial charge < -0.3 is 33.2 Å². The molecule has 0 saturated carbocycles. The maximum Gasteiger partial charge on any atom is 1.00 e. The summed E-state index contributed by atoms with van der Waals surface area (Å²) in [6.07, 6.45) is -0.399. The molecule has 2 N–H and O–H groups in total. The van der Waals surface area contributed by atoms with E-state index >= 15 is 0 Å². The molecule has 2 rings (SSSR count). The Balaban J connectivity index is 0.00000364. The zero-order valence-corrected chi connectivity index (χ0v) is 19.8. The molecular weight excluding hydrogens is 385 g/mol. The fraction of sp³-hybridized carbons (Fsp3) is 0.588. The van der Waals surface area contributed by atoms with Crippen LogP contribution in [-0.2, 0) is 11.3 Å². The summed E-state index contributed by atoms with van der Waals surface area (Å²) in [7, 11) is 0. The number of carbonyl (C=O) groups is 1. The Morgan fingerprint density at radius 3 is 2.19 bits per heavy atom. The molecule has 1 aliphatic heterocycles. The molecule has 146 valence electrons. The summed E-state index contributed by atoms with van der Waals surface area (Å²) in [5.41, 5.74) is 5.60. The maximum atomic E-state index is 13.4. The first-order chi connectivity index (χ1) is 11.9. The third-order valence-corrected chi connectivity index (χ3v) is 4.34. The molecule has 1 aromatic carbocycles. The molecule has 0 atom stereocenters. The molecule has 0 bridgehead atoms. The Morgan fingerprint density at radius 1 is 1.19 bits per heavy atom. The standard InChI is InChI=1S/C17H26BF3N3O2.K/c1-12-14(18(19,20)21)9-13(11-22)10-15(12)23-5-7-24(8-6-23)16(25)26-17(2,3)4;/h9-10H,5-8,11,22H2,1-4H3;/q-1;+1. The number of carbonyl (C=O) groups excluding carboxylic acids is 1. The van der Waals surface area contributed by atoms with Gasteiger partial charge in [-0.3, -0.25) is 0 Å². The normalized spacial score (nSPS) is 15.4. The van der Waals surface area contributed by atoms with Crippen LogP contribution in [-0.4, -0.2) is 49.8 Å². The number of benzene rings is 1. The molecule has 27 heavy (non-hydrogen) atoms. The largest absolute Gasteiger partial charge is 1.00 e. The van der Waals surface area contributed by atoms with E-state index in [-0.39, 0.29) is 63.5 Å². The number of nitrogens with zero attached hydrogens (tertiary/aromatic N) is 2. The molecule has 1 aromatic rings. The fourth-order valence-electron chi connectivity index (χ4n) is 3.02.